The Morgan fingerprint density at radius 2 is 1.63 bits per heavy atom. The Kier molecular flexibility index (Phi) is 17.5. The SMILES string of the molecule is COC(C)(CC(C)CN(C)C(CO)C(OCc1ccccc1)C(O)CO)C(O[C@@H]1O[C@H](C)C[C@H](N(C)C)[C@H]1OC(=O)c1ccccc1)C(C)C1=C(C)C(=O)OC(C)(C)O1. The number of hydrogen-bond acceptors (Lipinski definition) is 14. The third-order valence-electron chi connectivity index (χ3n) is 11.4. The quantitative estimate of drug-likeness (QED) is 0.150. The first-order valence-electron chi connectivity index (χ1n) is 20.5. The third kappa shape index (κ3) is 12.6. The minimum atomic E-state index is -1.25. The van der Waals surface area contributed by atoms with Gasteiger partial charge in [0.2, 0.25) is 5.79 Å². The van der Waals surface area contributed by atoms with Gasteiger partial charge in [0.1, 0.15) is 18.0 Å². The maximum Gasteiger partial charge on any atom is 0.340 e. The molecule has 2 aromatic rings. The third-order valence-corrected chi connectivity index (χ3v) is 11.4. The number of aliphatic hydroxyl groups excluding tert-OH is 3. The smallest absolute Gasteiger partial charge is 0.340 e. The van der Waals surface area contributed by atoms with Crippen LogP contribution in [0.5, 0.6) is 0 Å². The van der Waals surface area contributed by atoms with Crippen LogP contribution in [0, 0.1) is 11.8 Å². The number of ether oxygens (including phenoxy) is 7. The number of carbonyl (C=O) groups excluding carboxylic acids is 2. The Bertz CT molecular complexity index is 1660. The summed E-state index contributed by atoms with van der Waals surface area (Å²) in [5, 5.41) is 31.5. The number of methoxy groups -OCH3 is 1. The maximum absolute atomic E-state index is 13.6. The van der Waals surface area contributed by atoms with Crippen molar-refractivity contribution in [1.29, 1.82) is 0 Å². The van der Waals surface area contributed by atoms with E-state index >= 15 is 0 Å². The molecule has 0 aliphatic carbocycles. The van der Waals surface area contributed by atoms with Crippen LogP contribution in [0.25, 0.3) is 0 Å². The van der Waals surface area contributed by atoms with Crippen molar-refractivity contribution in [3.63, 3.8) is 0 Å². The fraction of sp³-hybridized carbons (Fsp3) is 0.644. The lowest BCUT2D eigenvalue weighted by Crippen LogP contribution is -2.60. The summed E-state index contributed by atoms with van der Waals surface area (Å²) in [5.74, 6) is -2.63. The number of hydrogen-bond donors (Lipinski definition) is 3. The minimum absolute atomic E-state index is 0.130. The number of aliphatic hydroxyl groups is 3. The zero-order chi connectivity index (χ0) is 43.7. The molecule has 14 heteroatoms. The molecular weight excluding hydrogens is 760 g/mol. The Balaban J connectivity index is 1.68. The van der Waals surface area contributed by atoms with Crippen LogP contribution in [0.4, 0.5) is 0 Å². The van der Waals surface area contributed by atoms with Crippen LogP contribution in [-0.2, 0) is 44.6 Å². The van der Waals surface area contributed by atoms with Gasteiger partial charge >= 0.3 is 11.9 Å². The van der Waals surface area contributed by atoms with Crippen molar-refractivity contribution in [2.45, 2.75) is 128 Å². The standard InChI is InChI=1S/C45H68N2O12/c1-28(24-47(10)35(25-48)38(36(50)26-49)54-27-32-18-14-12-15-19-32)23-45(7,53-11)40(30(3)37-31(4)41(51)59-44(5,6)58-37)57-43-39(34(46(8)9)22-29(2)55-43)56-42(52)33-20-16-13-17-21-33/h12-21,28-30,34-36,38-40,43,48-50H,22-27H2,1-11H3/t28?,29-,30?,34+,35?,36?,38?,39-,40?,43+,45?/m1/s1. The zero-order valence-electron chi connectivity index (χ0n) is 36.7. The lowest BCUT2D eigenvalue weighted by Gasteiger charge is -2.48. The molecule has 0 amide bonds. The molecule has 59 heavy (non-hydrogen) atoms. The van der Waals surface area contributed by atoms with Crippen LogP contribution < -0.4 is 0 Å². The zero-order valence-corrected chi connectivity index (χ0v) is 36.7. The Labute approximate surface area is 350 Å². The number of benzene rings is 2. The van der Waals surface area contributed by atoms with Gasteiger partial charge in [-0.05, 0) is 78.4 Å². The summed E-state index contributed by atoms with van der Waals surface area (Å²) < 4.78 is 44.4. The van der Waals surface area contributed by atoms with Gasteiger partial charge in [0.25, 0.3) is 0 Å². The van der Waals surface area contributed by atoms with E-state index in [4.69, 9.17) is 33.2 Å². The second-order valence-corrected chi connectivity index (χ2v) is 17.1. The molecule has 2 aromatic carbocycles. The fourth-order valence-electron chi connectivity index (χ4n) is 8.34. The number of carbonyl (C=O) groups is 2. The van der Waals surface area contributed by atoms with Gasteiger partial charge in [0, 0.05) is 33.4 Å². The monoisotopic (exact) mass is 828 g/mol. The van der Waals surface area contributed by atoms with Gasteiger partial charge in [-0.1, -0.05) is 62.4 Å². The summed E-state index contributed by atoms with van der Waals surface area (Å²) in [6.45, 7) is 12.5. The minimum Gasteiger partial charge on any atom is -0.456 e. The average Bonchev–Trinajstić information content (AvgIpc) is 3.20. The van der Waals surface area contributed by atoms with E-state index in [0.29, 0.717) is 36.3 Å². The van der Waals surface area contributed by atoms with E-state index in [9.17, 15) is 24.9 Å². The van der Waals surface area contributed by atoms with E-state index in [0.717, 1.165) is 5.56 Å². The van der Waals surface area contributed by atoms with E-state index in [1.165, 1.54) is 0 Å². The van der Waals surface area contributed by atoms with E-state index in [-0.39, 0.29) is 31.3 Å². The summed E-state index contributed by atoms with van der Waals surface area (Å²) in [4.78, 5) is 30.7. The molecule has 2 aliphatic heterocycles. The predicted molar refractivity (Wildman–Crippen MR) is 221 cm³/mol. The molecule has 0 spiro atoms. The molecule has 0 aromatic heterocycles. The normalized spacial score (nSPS) is 25.0. The average molecular weight is 829 g/mol. The summed E-state index contributed by atoms with van der Waals surface area (Å²) in [5.41, 5.74) is 0.489. The highest BCUT2D eigenvalue weighted by molar-refractivity contribution is 5.89. The molecule has 14 nitrogen and oxygen atoms in total. The van der Waals surface area contributed by atoms with Crippen molar-refractivity contribution in [1.82, 2.24) is 9.80 Å². The second kappa shape index (κ2) is 21.4. The Hall–Kier alpha value is -3.44. The van der Waals surface area contributed by atoms with Gasteiger partial charge in [-0.3, -0.25) is 4.90 Å². The van der Waals surface area contributed by atoms with Crippen molar-refractivity contribution < 1.29 is 58.1 Å². The summed E-state index contributed by atoms with van der Waals surface area (Å²) >= 11 is 0. The summed E-state index contributed by atoms with van der Waals surface area (Å²) in [7, 11) is 7.29. The van der Waals surface area contributed by atoms with Crippen LogP contribution in [-0.4, -0.2) is 145 Å². The number of cyclic esters (lactones) is 1. The van der Waals surface area contributed by atoms with Gasteiger partial charge < -0.3 is 53.4 Å². The van der Waals surface area contributed by atoms with Crippen molar-refractivity contribution in [3.8, 4) is 0 Å². The van der Waals surface area contributed by atoms with Crippen LogP contribution in [0.1, 0.15) is 77.2 Å². The highest BCUT2D eigenvalue weighted by Gasteiger charge is 2.50. The van der Waals surface area contributed by atoms with Gasteiger partial charge in [0.05, 0.1) is 60.8 Å². The molecule has 1 saturated heterocycles. The Morgan fingerprint density at radius 1 is 1.00 bits per heavy atom. The first-order chi connectivity index (χ1) is 27.8. The van der Waals surface area contributed by atoms with Gasteiger partial charge in [0.15, 0.2) is 12.4 Å². The molecule has 0 radical (unpaired) electrons. The van der Waals surface area contributed by atoms with E-state index < -0.39 is 72.6 Å². The number of likely N-dealkylation sites (N-methyl/N-ethyl adjacent to an activating group) is 2. The number of esters is 2. The van der Waals surface area contributed by atoms with Gasteiger partial charge in [-0.15, -0.1) is 0 Å². The summed E-state index contributed by atoms with van der Waals surface area (Å²) in [6.07, 6.45) is -4.20. The highest BCUT2D eigenvalue weighted by Crippen LogP contribution is 2.41. The van der Waals surface area contributed by atoms with Crippen molar-refractivity contribution in [3.05, 3.63) is 83.1 Å². The fourth-order valence-corrected chi connectivity index (χ4v) is 8.34. The molecule has 7 unspecified atom stereocenters. The first-order valence-corrected chi connectivity index (χ1v) is 20.5. The van der Waals surface area contributed by atoms with Crippen LogP contribution in [0.3, 0.4) is 0 Å². The van der Waals surface area contributed by atoms with Crippen LogP contribution in [0.15, 0.2) is 72.0 Å². The predicted octanol–water partition coefficient (Wildman–Crippen LogP) is 4.54. The largest absolute Gasteiger partial charge is 0.456 e. The van der Waals surface area contributed by atoms with Crippen LogP contribution >= 0.6 is 0 Å². The lowest BCUT2D eigenvalue weighted by molar-refractivity contribution is -0.298. The van der Waals surface area contributed by atoms with E-state index in [2.05, 4.69) is 0 Å². The molecule has 2 aliphatic rings. The van der Waals surface area contributed by atoms with E-state index in [1.54, 1.807) is 52.1 Å². The van der Waals surface area contributed by atoms with Gasteiger partial charge in [-0.2, -0.15) is 0 Å². The van der Waals surface area contributed by atoms with Crippen LogP contribution in [0.2, 0.25) is 0 Å². The molecule has 3 N–H and O–H groups in total. The first kappa shape index (κ1) is 48.2. The molecule has 4 rings (SSSR count). The molecule has 0 saturated carbocycles. The highest BCUT2D eigenvalue weighted by atomic mass is 16.7. The molecule has 2 heterocycles. The molecule has 11 atom stereocenters. The topological polar surface area (TPSA) is 166 Å². The molecular formula is C45H68N2O12. The van der Waals surface area contributed by atoms with Crippen molar-refractivity contribution in [2.75, 3.05) is 48.0 Å². The number of rotatable bonds is 21. The van der Waals surface area contributed by atoms with Gasteiger partial charge in [-0.25, -0.2) is 9.59 Å². The van der Waals surface area contributed by atoms with E-state index in [1.807, 2.05) is 95.0 Å². The van der Waals surface area contributed by atoms with Crippen molar-refractivity contribution in [2.24, 2.45) is 11.8 Å². The number of nitrogens with zero attached hydrogens (tertiary/aromatic N) is 2. The molecule has 330 valence electrons. The maximum atomic E-state index is 13.6. The molecule has 0 bridgehead atoms. The molecule has 1 fully saturated rings. The summed E-state index contributed by atoms with van der Waals surface area (Å²) in [6, 6.07) is 17.3. The lowest BCUT2D eigenvalue weighted by atomic mass is 9.80. The second-order valence-electron chi connectivity index (χ2n) is 17.1. The van der Waals surface area contributed by atoms with Crippen molar-refractivity contribution >= 4 is 11.9 Å². The Morgan fingerprint density at radius 3 is 2.20 bits per heavy atom.